The maximum Gasteiger partial charge on any atom is 0.0928 e. The maximum atomic E-state index is 5.30. The molecule has 2 atom stereocenters. The molecule has 0 bridgehead atoms. The van der Waals surface area contributed by atoms with E-state index < -0.39 is 0 Å². The smallest absolute Gasteiger partial charge is 0.0928 e. The first-order valence-electron chi connectivity index (χ1n) is 5.56. The molecule has 1 saturated carbocycles. The summed E-state index contributed by atoms with van der Waals surface area (Å²) in [5.41, 5.74) is 0. The third kappa shape index (κ3) is 3.95. The van der Waals surface area contributed by atoms with Crippen LogP contribution in [-0.4, -0.2) is 39.5 Å². The second-order valence-corrected chi connectivity index (χ2v) is 4.07. The topological polar surface area (TPSA) is 30.5 Å². The highest BCUT2D eigenvalue weighted by Crippen LogP contribution is 2.33. The molecule has 0 aromatic carbocycles. The number of hydrogen-bond donors (Lipinski definition) is 1. The maximum absolute atomic E-state index is 5.30. The summed E-state index contributed by atoms with van der Waals surface area (Å²) in [5, 5.41) is 3.56. The molecule has 0 aliphatic heterocycles. The first-order chi connectivity index (χ1) is 6.81. The highest BCUT2D eigenvalue weighted by Gasteiger charge is 2.29. The van der Waals surface area contributed by atoms with Crippen molar-refractivity contribution in [1.29, 1.82) is 0 Å². The van der Waals surface area contributed by atoms with Crippen molar-refractivity contribution in [3.05, 3.63) is 0 Å². The van der Waals surface area contributed by atoms with Gasteiger partial charge in [0.2, 0.25) is 0 Å². The Kier molecular flexibility index (Phi) is 5.45. The molecule has 84 valence electrons. The summed E-state index contributed by atoms with van der Waals surface area (Å²) in [6.45, 7) is 3.82. The summed E-state index contributed by atoms with van der Waals surface area (Å²) < 4.78 is 10.4. The molecule has 0 spiro atoms. The van der Waals surface area contributed by atoms with Crippen molar-refractivity contribution in [3.63, 3.8) is 0 Å². The first-order valence-corrected chi connectivity index (χ1v) is 5.56. The van der Waals surface area contributed by atoms with Crippen LogP contribution in [0.3, 0.4) is 0 Å². The fourth-order valence-corrected chi connectivity index (χ4v) is 1.82. The van der Waals surface area contributed by atoms with E-state index in [-0.39, 0.29) is 6.10 Å². The van der Waals surface area contributed by atoms with Crippen LogP contribution in [0.5, 0.6) is 0 Å². The monoisotopic (exact) mass is 201 g/mol. The van der Waals surface area contributed by atoms with Gasteiger partial charge >= 0.3 is 0 Å². The Hall–Kier alpha value is -0.120. The van der Waals surface area contributed by atoms with Crippen molar-refractivity contribution in [2.45, 2.75) is 38.3 Å². The van der Waals surface area contributed by atoms with Gasteiger partial charge in [-0.25, -0.2) is 0 Å². The number of rotatable bonds is 8. The van der Waals surface area contributed by atoms with E-state index in [1.807, 2.05) is 0 Å². The number of nitrogens with one attached hydrogen (secondary N) is 1. The minimum Gasteiger partial charge on any atom is -0.382 e. The van der Waals surface area contributed by atoms with Crippen molar-refractivity contribution < 1.29 is 9.47 Å². The highest BCUT2D eigenvalue weighted by atomic mass is 16.5. The molecular formula is C11H23NO2. The largest absolute Gasteiger partial charge is 0.382 e. The lowest BCUT2D eigenvalue weighted by Gasteiger charge is -2.20. The molecule has 0 saturated heterocycles. The van der Waals surface area contributed by atoms with Crippen LogP contribution >= 0.6 is 0 Å². The molecule has 0 aromatic heterocycles. The molecule has 14 heavy (non-hydrogen) atoms. The fraction of sp³-hybridized carbons (Fsp3) is 1.00. The zero-order valence-electron chi connectivity index (χ0n) is 9.58. The van der Waals surface area contributed by atoms with Gasteiger partial charge in [-0.15, -0.1) is 0 Å². The van der Waals surface area contributed by atoms with Crippen LogP contribution in [0, 0.1) is 5.92 Å². The summed E-state index contributed by atoms with van der Waals surface area (Å²) >= 11 is 0. The molecule has 1 aliphatic rings. The van der Waals surface area contributed by atoms with E-state index >= 15 is 0 Å². The predicted molar refractivity (Wildman–Crippen MR) is 57.5 cm³/mol. The molecule has 1 aliphatic carbocycles. The second-order valence-electron chi connectivity index (χ2n) is 4.07. The fourth-order valence-electron chi connectivity index (χ4n) is 1.82. The van der Waals surface area contributed by atoms with E-state index in [1.165, 1.54) is 19.3 Å². The normalized spacial score (nSPS) is 20.8. The summed E-state index contributed by atoms with van der Waals surface area (Å²) in [6.07, 6.45) is 4.20. The van der Waals surface area contributed by atoms with Crippen molar-refractivity contribution in [2.75, 3.05) is 27.4 Å². The van der Waals surface area contributed by atoms with Crippen LogP contribution in [0.4, 0.5) is 0 Å². The minimum absolute atomic E-state index is 0.188. The molecule has 1 N–H and O–H groups in total. The van der Waals surface area contributed by atoms with Gasteiger partial charge in [0, 0.05) is 26.8 Å². The van der Waals surface area contributed by atoms with Crippen LogP contribution in [0.15, 0.2) is 0 Å². The lowest BCUT2D eigenvalue weighted by Crippen LogP contribution is -2.39. The van der Waals surface area contributed by atoms with Crippen LogP contribution < -0.4 is 5.32 Å². The number of ether oxygens (including phenoxy) is 2. The van der Waals surface area contributed by atoms with Gasteiger partial charge in [-0.3, -0.25) is 0 Å². The van der Waals surface area contributed by atoms with Crippen LogP contribution in [-0.2, 0) is 9.47 Å². The average molecular weight is 201 g/mol. The van der Waals surface area contributed by atoms with E-state index in [1.54, 1.807) is 14.2 Å². The van der Waals surface area contributed by atoms with Gasteiger partial charge in [0.25, 0.3) is 0 Å². The van der Waals surface area contributed by atoms with Crippen molar-refractivity contribution in [3.8, 4) is 0 Å². The van der Waals surface area contributed by atoms with E-state index in [0.717, 1.165) is 12.5 Å². The van der Waals surface area contributed by atoms with Gasteiger partial charge in [-0.05, 0) is 25.2 Å². The van der Waals surface area contributed by atoms with E-state index in [4.69, 9.17) is 9.47 Å². The molecule has 0 amide bonds. The Morgan fingerprint density at radius 1 is 1.36 bits per heavy atom. The van der Waals surface area contributed by atoms with E-state index in [0.29, 0.717) is 12.6 Å². The number of hydrogen-bond acceptors (Lipinski definition) is 3. The third-order valence-electron chi connectivity index (χ3n) is 2.92. The molecule has 2 unspecified atom stereocenters. The molecule has 0 radical (unpaired) electrons. The highest BCUT2D eigenvalue weighted by molar-refractivity contribution is 4.85. The lowest BCUT2D eigenvalue weighted by atomic mass is 10.1. The third-order valence-corrected chi connectivity index (χ3v) is 2.92. The summed E-state index contributed by atoms with van der Waals surface area (Å²) in [7, 11) is 3.45. The zero-order chi connectivity index (χ0) is 10.4. The van der Waals surface area contributed by atoms with Crippen molar-refractivity contribution in [1.82, 2.24) is 5.32 Å². The molecular weight excluding hydrogens is 178 g/mol. The molecule has 3 heteroatoms. The summed E-state index contributed by atoms with van der Waals surface area (Å²) in [5.74, 6) is 0.917. The van der Waals surface area contributed by atoms with Crippen LogP contribution in [0.1, 0.15) is 26.2 Å². The minimum atomic E-state index is 0.188. The van der Waals surface area contributed by atoms with Gasteiger partial charge in [-0.2, -0.15) is 0 Å². The Morgan fingerprint density at radius 2 is 2.07 bits per heavy atom. The molecule has 1 rings (SSSR count). The predicted octanol–water partition coefficient (Wildman–Crippen LogP) is 1.43. The Morgan fingerprint density at radius 3 is 2.50 bits per heavy atom. The Labute approximate surface area is 87.2 Å². The van der Waals surface area contributed by atoms with Crippen molar-refractivity contribution >= 4 is 0 Å². The average Bonchev–Trinajstić information content (AvgIpc) is 3.01. The van der Waals surface area contributed by atoms with Gasteiger partial charge in [0.1, 0.15) is 0 Å². The molecule has 0 heterocycles. The van der Waals surface area contributed by atoms with Crippen molar-refractivity contribution in [2.24, 2.45) is 5.92 Å². The van der Waals surface area contributed by atoms with Gasteiger partial charge in [-0.1, -0.05) is 6.92 Å². The van der Waals surface area contributed by atoms with E-state index in [9.17, 15) is 0 Å². The lowest BCUT2D eigenvalue weighted by molar-refractivity contribution is 0.0268. The van der Waals surface area contributed by atoms with E-state index in [2.05, 4.69) is 12.2 Å². The first kappa shape index (κ1) is 12.0. The molecule has 3 nitrogen and oxygen atoms in total. The standard InChI is InChI=1S/C11H23NO2/c1-4-11(9-5-6-9)12-7-10(14-3)8-13-2/h9-12H,4-8H2,1-3H3. The molecule has 0 aromatic rings. The number of methoxy groups -OCH3 is 2. The van der Waals surface area contributed by atoms with Crippen LogP contribution in [0.25, 0.3) is 0 Å². The van der Waals surface area contributed by atoms with Crippen LogP contribution in [0.2, 0.25) is 0 Å². The van der Waals surface area contributed by atoms with Gasteiger partial charge in [0.15, 0.2) is 0 Å². The summed E-state index contributed by atoms with van der Waals surface area (Å²) in [6, 6.07) is 0.685. The Bertz CT molecular complexity index is 148. The molecule has 1 fully saturated rings. The van der Waals surface area contributed by atoms with Gasteiger partial charge < -0.3 is 14.8 Å². The van der Waals surface area contributed by atoms with Gasteiger partial charge in [0.05, 0.1) is 12.7 Å². The Balaban J connectivity index is 2.14. The SMILES string of the molecule is CCC(NCC(COC)OC)C1CC1. The summed E-state index contributed by atoms with van der Waals surface area (Å²) in [4.78, 5) is 0. The zero-order valence-corrected chi connectivity index (χ0v) is 9.58. The quantitative estimate of drug-likeness (QED) is 0.644. The second kappa shape index (κ2) is 6.38.